The highest BCUT2D eigenvalue weighted by molar-refractivity contribution is 5.87. The molecule has 1 aliphatic rings. The standard InChI is InChI=1S/C13H18N2O2/c1-9(12-8-14-6-7-15-12)10-2-4-11(5-3-10)13(16)17/h2-5,9,12,14-15H,6-8H2,1H3,(H,16,17). The zero-order valence-electron chi connectivity index (χ0n) is 9.94. The third kappa shape index (κ3) is 2.84. The Labute approximate surface area is 101 Å². The van der Waals surface area contributed by atoms with Crippen LogP contribution in [0.25, 0.3) is 0 Å². The molecule has 1 heterocycles. The molecule has 0 aromatic heterocycles. The molecule has 1 aromatic rings. The Morgan fingerprint density at radius 2 is 2.06 bits per heavy atom. The number of carbonyl (C=O) groups is 1. The van der Waals surface area contributed by atoms with Gasteiger partial charge in [-0.25, -0.2) is 4.79 Å². The molecule has 1 aromatic carbocycles. The van der Waals surface area contributed by atoms with Crippen LogP contribution in [0.4, 0.5) is 0 Å². The van der Waals surface area contributed by atoms with E-state index in [9.17, 15) is 4.79 Å². The molecule has 0 saturated carbocycles. The maximum absolute atomic E-state index is 10.8. The van der Waals surface area contributed by atoms with E-state index in [2.05, 4.69) is 17.6 Å². The SMILES string of the molecule is CC(c1ccc(C(=O)O)cc1)C1CNCCN1. The number of carboxylic acids is 1. The third-order valence-corrected chi connectivity index (χ3v) is 3.36. The van der Waals surface area contributed by atoms with Crippen LogP contribution in [0.5, 0.6) is 0 Å². The van der Waals surface area contributed by atoms with E-state index in [0.29, 0.717) is 17.5 Å². The molecule has 2 atom stereocenters. The zero-order valence-corrected chi connectivity index (χ0v) is 9.94. The lowest BCUT2D eigenvalue weighted by atomic mass is 9.92. The van der Waals surface area contributed by atoms with Gasteiger partial charge in [0.2, 0.25) is 0 Å². The molecule has 0 amide bonds. The highest BCUT2D eigenvalue weighted by Crippen LogP contribution is 2.20. The van der Waals surface area contributed by atoms with E-state index < -0.39 is 5.97 Å². The quantitative estimate of drug-likeness (QED) is 0.731. The largest absolute Gasteiger partial charge is 0.478 e. The first-order valence-electron chi connectivity index (χ1n) is 5.96. The molecule has 1 aliphatic heterocycles. The van der Waals surface area contributed by atoms with Gasteiger partial charge < -0.3 is 15.7 Å². The number of benzene rings is 1. The average Bonchev–Trinajstić information content (AvgIpc) is 2.39. The summed E-state index contributed by atoms with van der Waals surface area (Å²) in [6.45, 7) is 5.13. The highest BCUT2D eigenvalue weighted by Gasteiger charge is 2.20. The van der Waals surface area contributed by atoms with Crippen molar-refractivity contribution in [1.82, 2.24) is 10.6 Å². The van der Waals surface area contributed by atoms with Crippen LogP contribution in [0.1, 0.15) is 28.8 Å². The van der Waals surface area contributed by atoms with Crippen molar-refractivity contribution in [3.63, 3.8) is 0 Å². The van der Waals surface area contributed by atoms with Gasteiger partial charge in [0.05, 0.1) is 5.56 Å². The van der Waals surface area contributed by atoms with Crippen molar-refractivity contribution >= 4 is 5.97 Å². The minimum absolute atomic E-state index is 0.343. The fraction of sp³-hybridized carbons (Fsp3) is 0.462. The Hall–Kier alpha value is -1.39. The third-order valence-electron chi connectivity index (χ3n) is 3.36. The number of piperazine rings is 1. The molecule has 0 spiro atoms. The number of hydrogen-bond donors (Lipinski definition) is 3. The molecule has 4 nitrogen and oxygen atoms in total. The van der Waals surface area contributed by atoms with Crippen molar-refractivity contribution in [2.75, 3.05) is 19.6 Å². The van der Waals surface area contributed by atoms with E-state index in [1.165, 1.54) is 5.56 Å². The van der Waals surface area contributed by atoms with Gasteiger partial charge in [0.15, 0.2) is 0 Å². The first-order valence-corrected chi connectivity index (χ1v) is 5.96. The fourth-order valence-corrected chi connectivity index (χ4v) is 2.19. The van der Waals surface area contributed by atoms with Gasteiger partial charge in [-0.1, -0.05) is 19.1 Å². The number of carboxylic acid groups (broad SMARTS) is 1. The van der Waals surface area contributed by atoms with Crippen LogP contribution < -0.4 is 10.6 Å². The van der Waals surface area contributed by atoms with E-state index in [4.69, 9.17) is 5.11 Å². The van der Waals surface area contributed by atoms with E-state index in [1.54, 1.807) is 12.1 Å². The van der Waals surface area contributed by atoms with E-state index in [0.717, 1.165) is 19.6 Å². The molecule has 0 bridgehead atoms. The number of aromatic carboxylic acids is 1. The summed E-state index contributed by atoms with van der Waals surface area (Å²) < 4.78 is 0. The molecule has 17 heavy (non-hydrogen) atoms. The van der Waals surface area contributed by atoms with Crippen LogP contribution >= 0.6 is 0 Å². The summed E-state index contributed by atoms with van der Waals surface area (Å²) in [6.07, 6.45) is 0. The fourth-order valence-electron chi connectivity index (χ4n) is 2.19. The van der Waals surface area contributed by atoms with Crippen molar-refractivity contribution in [1.29, 1.82) is 0 Å². The van der Waals surface area contributed by atoms with Gasteiger partial charge in [0.1, 0.15) is 0 Å². The Morgan fingerprint density at radius 1 is 1.35 bits per heavy atom. The predicted octanol–water partition coefficient (Wildman–Crippen LogP) is 1.05. The number of hydrogen-bond acceptors (Lipinski definition) is 3. The summed E-state index contributed by atoms with van der Waals surface area (Å²) in [4.78, 5) is 10.8. The van der Waals surface area contributed by atoms with Crippen molar-refractivity contribution in [2.45, 2.75) is 18.9 Å². The summed E-state index contributed by atoms with van der Waals surface area (Å²) in [6, 6.07) is 7.57. The second-order valence-electron chi connectivity index (χ2n) is 4.48. The van der Waals surface area contributed by atoms with Crippen molar-refractivity contribution < 1.29 is 9.90 Å². The Balaban J connectivity index is 2.07. The molecule has 3 N–H and O–H groups in total. The van der Waals surface area contributed by atoms with Gasteiger partial charge in [-0.3, -0.25) is 0 Å². The van der Waals surface area contributed by atoms with Gasteiger partial charge in [-0.15, -0.1) is 0 Å². The van der Waals surface area contributed by atoms with E-state index in [1.807, 2.05) is 12.1 Å². The number of rotatable bonds is 3. The molecule has 2 unspecified atom stereocenters. The van der Waals surface area contributed by atoms with Crippen LogP contribution in [0, 0.1) is 0 Å². The predicted molar refractivity (Wildman–Crippen MR) is 66.5 cm³/mol. The van der Waals surface area contributed by atoms with E-state index in [-0.39, 0.29) is 0 Å². The zero-order chi connectivity index (χ0) is 12.3. The van der Waals surface area contributed by atoms with Crippen molar-refractivity contribution in [3.05, 3.63) is 35.4 Å². The van der Waals surface area contributed by atoms with Crippen molar-refractivity contribution in [2.24, 2.45) is 0 Å². The molecule has 1 fully saturated rings. The summed E-state index contributed by atoms with van der Waals surface area (Å²) in [7, 11) is 0. The minimum Gasteiger partial charge on any atom is -0.478 e. The average molecular weight is 234 g/mol. The second-order valence-corrected chi connectivity index (χ2v) is 4.48. The first-order chi connectivity index (χ1) is 8.18. The normalized spacial score (nSPS) is 22.1. The molecule has 92 valence electrons. The van der Waals surface area contributed by atoms with Gasteiger partial charge in [-0.05, 0) is 23.6 Å². The summed E-state index contributed by atoms with van der Waals surface area (Å²) >= 11 is 0. The van der Waals surface area contributed by atoms with Gasteiger partial charge in [0, 0.05) is 25.7 Å². The molecular formula is C13H18N2O2. The Bertz CT molecular complexity index is 383. The minimum atomic E-state index is -0.873. The monoisotopic (exact) mass is 234 g/mol. The Kier molecular flexibility index (Phi) is 3.76. The number of nitrogens with one attached hydrogen (secondary N) is 2. The summed E-state index contributed by atoms with van der Waals surface area (Å²) in [5.74, 6) is -0.493. The summed E-state index contributed by atoms with van der Waals surface area (Å²) in [5.41, 5.74) is 1.52. The van der Waals surface area contributed by atoms with Gasteiger partial charge in [0.25, 0.3) is 0 Å². The molecular weight excluding hydrogens is 216 g/mol. The second kappa shape index (κ2) is 5.29. The lowest BCUT2D eigenvalue weighted by Gasteiger charge is -2.30. The van der Waals surface area contributed by atoms with Crippen molar-refractivity contribution in [3.8, 4) is 0 Å². The molecule has 2 rings (SSSR count). The Morgan fingerprint density at radius 3 is 2.59 bits per heavy atom. The molecule has 0 aliphatic carbocycles. The van der Waals surface area contributed by atoms with E-state index >= 15 is 0 Å². The van der Waals surface area contributed by atoms with Crippen LogP contribution in [-0.2, 0) is 0 Å². The highest BCUT2D eigenvalue weighted by atomic mass is 16.4. The van der Waals surface area contributed by atoms with Crippen LogP contribution in [0.2, 0.25) is 0 Å². The van der Waals surface area contributed by atoms with Crippen LogP contribution in [0.15, 0.2) is 24.3 Å². The molecule has 4 heteroatoms. The van der Waals surface area contributed by atoms with Gasteiger partial charge >= 0.3 is 5.97 Å². The topological polar surface area (TPSA) is 61.4 Å². The molecule has 0 radical (unpaired) electrons. The maximum Gasteiger partial charge on any atom is 0.335 e. The lowest BCUT2D eigenvalue weighted by Crippen LogP contribution is -2.50. The smallest absolute Gasteiger partial charge is 0.335 e. The summed E-state index contributed by atoms with van der Waals surface area (Å²) in [5, 5.41) is 15.7. The van der Waals surface area contributed by atoms with Crippen LogP contribution in [0.3, 0.4) is 0 Å². The maximum atomic E-state index is 10.8. The van der Waals surface area contributed by atoms with Gasteiger partial charge in [-0.2, -0.15) is 0 Å². The van der Waals surface area contributed by atoms with Crippen LogP contribution in [-0.4, -0.2) is 36.8 Å². The lowest BCUT2D eigenvalue weighted by molar-refractivity contribution is 0.0697. The first kappa shape index (κ1) is 12.1. The molecule has 1 saturated heterocycles.